The number of carbonyl (C=O) groups excluding carboxylic acids is 2. The topological polar surface area (TPSA) is 68.5 Å². The minimum absolute atomic E-state index is 0.0773. The molecule has 6 heteroatoms. The molecular formula is C26H29NO4S. The molecular weight excluding hydrogens is 422 g/mol. The molecule has 168 valence electrons. The van der Waals surface area contributed by atoms with E-state index in [1.165, 1.54) is 23.1 Å². The molecule has 0 aliphatic heterocycles. The summed E-state index contributed by atoms with van der Waals surface area (Å²) >= 11 is 1.68. The predicted octanol–water partition coefficient (Wildman–Crippen LogP) is 5.82. The Morgan fingerprint density at radius 1 is 1.06 bits per heavy atom. The van der Waals surface area contributed by atoms with Crippen LogP contribution in [-0.4, -0.2) is 19.0 Å². The van der Waals surface area contributed by atoms with Crippen LogP contribution < -0.4 is 5.32 Å². The summed E-state index contributed by atoms with van der Waals surface area (Å²) < 4.78 is 10.6. The molecule has 0 radical (unpaired) electrons. The van der Waals surface area contributed by atoms with Crippen molar-refractivity contribution in [1.82, 2.24) is 5.32 Å². The fraction of sp³-hybridized carbons (Fsp3) is 0.308. The zero-order valence-corrected chi connectivity index (χ0v) is 19.9. The highest BCUT2D eigenvalue weighted by Gasteiger charge is 2.25. The molecule has 0 unspecified atom stereocenters. The van der Waals surface area contributed by atoms with Crippen LogP contribution in [0.1, 0.15) is 59.8 Å². The predicted molar refractivity (Wildman–Crippen MR) is 127 cm³/mol. The number of thioether (sulfide) groups is 1. The first-order chi connectivity index (χ1) is 15.2. The molecule has 0 spiro atoms. The van der Waals surface area contributed by atoms with Gasteiger partial charge in [0.15, 0.2) is 11.8 Å². The Morgan fingerprint density at radius 3 is 2.44 bits per heavy atom. The summed E-state index contributed by atoms with van der Waals surface area (Å²) in [6, 6.07) is 18.0. The van der Waals surface area contributed by atoms with Crippen LogP contribution in [-0.2, 0) is 20.7 Å². The van der Waals surface area contributed by atoms with Crippen molar-refractivity contribution in [2.75, 3.05) is 7.11 Å². The van der Waals surface area contributed by atoms with Gasteiger partial charge < -0.3 is 14.5 Å². The lowest BCUT2D eigenvalue weighted by Gasteiger charge is -2.20. The largest absolute Gasteiger partial charge is 0.467 e. The first kappa shape index (κ1) is 23.7. The van der Waals surface area contributed by atoms with Crippen LogP contribution in [0.2, 0.25) is 0 Å². The molecule has 1 N–H and O–H groups in total. The lowest BCUT2D eigenvalue weighted by Crippen LogP contribution is -2.34. The molecule has 0 aliphatic rings. The van der Waals surface area contributed by atoms with Gasteiger partial charge in [0.2, 0.25) is 0 Å². The summed E-state index contributed by atoms with van der Waals surface area (Å²) in [5.74, 6) is 0.439. The van der Waals surface area contributed by atoms with E-state index in [0.717, 1.165) is 0 Å². The Bertz CT molecular complexity index is 1080. The number of aryl methyl sites for hydroxylation is 1. The molecule has 1 amide bonds. The minimum Gasteiger partial charge on any atom is -0.467 e. The van der Waals surface area contributed by atoms with Crippen molar-refractivity contribution in [1.29, 1.82) is 0 Å². The molecule has 0 fully saturated rings. The molecule has 1 heterocycles. The Balaban J connectivity index is 1.69. The maximum absolute atomic E-state index is 12.7. The number of rotatable bonds is 7. The molecule has 5 nitrogen and oxygen atoms in total. The van der Waals surface area contributed by atoms with Crippen LogP contribution in [0.15, 0.2) is 70.0 Å². The van der Waals surface area contributed by atoms with Crippen LogP contribution in [0.4, 0.5) is 0 Å². The molecule has 3 rings (SSSR count). The van der Waals surface area contributed by atoms with E-state index >= 15 is 0 Å². The quantitative estimate of drug-likeness (QED) is 0.362. The van der Waals surface area contributed by atoms with Crippen molar-refractivity contribution in [3.63, 3.8) is 0 Å². The number of ether oxygens (including phenoxy) is 1. The summed E-state index contributed by atoms with van der Waals surface area (Å²) in [6.45, 7) is 8.67. The second-order valence-electron chi connectivity index (χ2n) is 8.63. The molecule has 2 aromatic carbocycles. The van der Waals surface area contributed by atoms with Crippen LogP contribution in [0.25, 0.3) is 0 Å². The third kappa shape index (κ3) is 5.82. The number of amides is 1. The van der Waals surface area contributed by atoms with Gasteiger partial charge in [0.1, 0.15) is 5.76 Å². The maximum atomic E-state index is 12.7. The third-order valence-corrected chi connectivity index (χ3v) is 6.33. The van der Waals surface area contributed by atoms with Crippen LogP contribution in [0.5, 0.6) is 0 Å². The summed E-state index contributed by atoms with van der Waals surface area (Å²) in [5.41, 5.74) is 3.20. The lowest BCUT2D eigenvalue weighted by molar-refractivity contribution is -0.143. The molecule has 32 heavy (non-hydrogen) atoms. The highest BCUT2D eigenvalue weighted by atomic mass is 32.2. The van der Waals surface area contributed by atoms with Crippen molar-refractivity contribution in [3.8, 4) is 0 Å². The Morgan fingerprint density at radius 2 is 1.78 bits per heavy atom. The van der Waals surface area contributed by atoms with Gasteiger partial charge in [0, 0.05) is 4.90 Å². The second-order valence-corrected chi connectivity index (χ2v) is 9.64. The Kier molecular flexibility index (Phi) is 7.46. The number of methoxy groups -OCH3 is 1. The average Bonchev–Trinajstić information content (AvgIpc) is 3.25. The molecule has 0 saturated heterocycles. The standard InChI is InChI=1S/C26H29NO4S/c1-17-11-12-19(26(2,3)4)15-22(17)32-16-20-13-14-21(31-20)24(28)27-23(25(29)30-5)18-9-7-6-8-10-18/h6-15,23H,16H2,1-5H3,(H,27,28)/t23-/m1/s1. The van der Waals surface area contributed by atoms with E-state index in [1.807, 2.05) is 6.07 Å². The Labute approximate surface area is 193 Å². The van der Waals surface area contributed by atoms with Gasteiger partial charge >= 0.3 is 5.97 Å². The van der Waals surface area contributed by atoms with E-state index in [0.29, 0.717) is 17.1 Å². The van der Waals surface area contributed by atoms with E-state index in [-0.39, 0.29) is 11.2 Å². The van der Waals surface area contributed by atoms with Gasteiger partial charge in [-0.3, -0.25) is 4.79 Å². The normalized spacial score (nSPS) is 12.3. The maximum Gasteiger partial charge on any atom is 0.333 e. The number of nitrogens with one attached hydrogen (secondary N) is 1. The van der Waals surface area contributed by atoms with E-state index in [4.69, 9.17) is 9.15 Å². The molecule has 0 saturated carbocycles. The number of esters is 1. The summed E-state index contributed by atoms with van der Waals surface area (Å²) in [7, 11) is 1.29. The van der Waals surface area contributed by atoms with Crippen molar-refractivity contribution in [2.45, 2.75) is 49.8 Å². The highest BCUT2D eigenvalue weighted by molar-refractivity contribution is 7.98. The van der Waals surface area contributed by atoms with Gasteiger partial charge in [0.05, 0.1) is 12.9 Å². The zero-order valence-electron chi connectivity index (χ0n) is 19.1. The number of hydrogen-bond acceptors (Lipinski definition) is 5. The number of benzene rings is 2. The first-order valence-electron chi connectivity index (χ1n) is 10.5. The number of hydrogen-bond donors (Lipinski definition) is 1. The molecule has 0 bridgehead atoms. The number of furan rings is 1. The second kappa shape index (κ2) is 10.1. The molecule has 0 aliphatic carbocycles. The van der Waals surface area contributed by atoms with Crippen LogP contribution in [0, 0.1) is 6.92 Å². The van der Waals surface area contributed by atoms with E-state index in [9.17, 15) is 9.59 Å². The fourth-order valence-electron chi connectivity index (χ4n) is 3.19. The fourth-order valence-corrected chi connectivity index (χ4v) is 4.15. The summed E-state index contributed by atoms with van der Waals surface area (Å²) in [4.78, 5) is 26.1. The highest BCUT2D eigenvalue weighted by Crippen LogP contribution is 2.32. The van der Waals surface area contributed by atoms with Gasteiger partial charge in [0.25, 0.3) is 5.91 Å². The van der Waals surface area contributed by atoms with E-state index in [1.54, 1.807) is 48.2 Å². The third-order valence-electron chi connectivity index (χ3n) is 5.15. The number of carbonyl (C=O) groups is 2. The zero-order chi connectivity index (χ0) is 23.3. The van der Waals surface area contributed by atoms with Gasteiger partial charge in [-0.05, 0) is 47.2 Å². The van der Waals surface area contributed by atoms with Gasteiger partial charge in [-0.2, -0.15) is 0 Å². The average molecular weight is 452 g/mol. The molecule has 1 aromatic heterocycles. The molecule has 1 atom stereocenters. The SMILES string of the molecule is COC(=O)[C@H](NC(=O)c1ccc(CSc2cc(C(C)(C)C)ccc2C)o1)c1ccccc1. The monoisotopic (exact) mass is 451 g/mol. The smallest absolute Gasteiger partial charge is 0.333 e. The minimum atomic E-state index is -0.903. The van der Waals surface area contributed by atoms with E-state index < -0.39 is 17.9 Å². The van der Waals surface area contributed by atoms with Crippen molar-refractivity contribution < 1.29 is 18.7 Å². The van der Waals surface area contributed by atoms with Gasteiger partial charge in [-0.25, -0.2) is 4.79 Å². The Hall–Kier alpha value is -2.99. The first-order valence-corrected chi connectivity index (χ1v) is 11.4. The van der Waals surface area contributed by atoms with E-state index in [2.05, 4.69) is 51.2 Å². The summed E-state index contributed by atoms with van der Waals surface area (Å²) in [5, 5.41) is 2.71. The lowest BCUT2D eigenvalue weighted by atomic mass is 9.87. The van der Waals surface area contributed by atoms with Crippen LogP contribution in [0.3, 0.4) is 0 Å². The van der Waals surface area contributed by atoms with Gasteiger partial charge in [-0.15, -0.1) is 11.8 Å². The summed E-state index contributed by atoms with van der Waals surface area (Å²) in [6.07, 6.45) is 0. The van der Waals surface area contributed by atoms with Crippen LogP contribution >= 0.6 is 11.8 Å². The van der Waals surface area contributed by atoms with Gasteiger partial charge in [-0.1, -0.05) is 63.2 Å². The van der Waals surface area contributed by atoms with Crippen molar-refractivity contribution in [3.05, 3.63) is 88.9 Å². The van der Waals surface area contributed by atoms with Crippen molar-refractivity contribution in [2.24, 2.45) is 0 Å². The van der Waals surface area contributed by atoms with Crippen molar-refractivity contribution >= 4 is 23.6 Å². The molecule has 3 aromatic rings.